The minimum Gasteiger partial charge on any atom is -0.353 e. The van der Waals surface area contributed by atoms with Crippen LogP contribution in [0.1, 0.15) is 79.6 Å². The fraction of sp³-hybridized carbons (Fsp3) is 0.944. The lowest BCUT2D eigenvalue weighted by atomic mass is 9.69. The Labute approximate surface area is 131 Å². The van der Waals surface area contributed by atoms with Crippen LogP contribution in [0.2, 0.25) is 0 Å². The van der Waals surface area contributed by atoms with Gasteiger partial charge >= 0.3 is 0 Å². The molecule has 0 aliphatic heterocycles. The molecule has 4 unspecified atom stereocenters. The number of hydrogen-bond acceptors (Lipinski definition) is 2. The smallest absolute Gasteiger partial charge is 0.223 e. The molecule has 0 heterocycles. The Bertz CT molecular complexity index is 320. The maximum Gasteiger partial charge on any atom is 0.223 e. The van der Waals surface area contributed by atoms with E-state index in [9.17, 15) is 4.79 Å². The van der Waals surface area contributed by atoms with Gasteiger partial charge < -0.3 is 11.1 Å². The summed E-state index contributed by atoms with van der Waals surface area (Å²) in [6.45, 7) is 11.0. The minimum atomic E-state index is 0.103. The highest BCUT2D eigenvalue weighted by atomic mass is 16.1. The zero-order chi connectivity index (χ0) is 16.0. The van der Waals surface area contributed by atoms with Crippen molar-refractivity contribution >= 4 is 5.91 Å². The van der Waals surface area contributed by atoms with E-state index in [0.29, 0.717) is 12.0 Å². The molecule has 124 valence electrons. The highest BCUT2D eigenvalue weighted by Crippen LogP contribution is 2.38. The van der Waals surface area contributed by atoms with Crippen LogP contribution < -0.4 is 11.1 Å². The molecule has 3 heteroatoms. The second-order valence-corrected chi connectivity index (χ2v) is 8.18. The summed E-state index contributed by atoms with van der Waals surface area (Å²) >= 11 is 0. The average Bonchev–Trinajstić information content (AvgIpc) is 2.37. The van der Waals surface area contributed by atoms with Crippen molar-refractivity contribution in [2.45, 2.75) is 91.6 Å². The van der Waals surface area contributed by atoms with Crippen LogP contribution in [0.4, 0.5) is 0 Å². The minimum absolute atomic E-state index is 0.103. The first-order valence-corrected chi connectivity index (χ1v) is 8.77. The van der Waals surface area contributed by atoms with Gasteiger partial charge in [0.25, 0.3) is 0 Å². The third-order valence-electron chi connectivity index (χ3n) is 4.95. The molecule has 0 aromatic heterocycles. The van der Waals surface area contributed by atoms with E-state index < -0.39 is 0 Å². The highest BCUT2D eigenvalue weighted by Gasteiger charge is 2.35. The largest absolute Gasteiger partial charge is 0.353 e. The second-order valence-electron chi connectivity index (χ2n) is 8.18. The van der Waals surface area contributed by atoms with Crippen LogP contribution in [0.5, 0.6) is 0 Å². The number of hydrogen-bond donors (Lipinski definition) is 2. The Morgan fingerprint density at radius 3 is 2.38 bits per heavy atom. The molecule has 3 nitrogen and oxygen atoms in total. The third kappa shape index (κ3) is 6.37. The topological polar surface area (TPSA) is 55.1 Å². The number of carbonyl (C=O) groups is 1. The van der Waals surface area contributed by atoms with E-state index >= 15 is 0 Å². The monoisotopic (exact) mass is 296 g/mol. The molecule has 0 saturated heterocycles. The lowest BCUT2D eigenvalue weighted by Crippen LogP contribution is -2.48. The van der Waals surface area contributed by atoms with Crippen molar-refractivity contribution < 1.29 is 4.79 Å². The standard InChI is InChI=1S/C18H36N2O/c1-13(9-8-10-14(2)19)17(21)20-16-12-7-6-11-15(16)18(3,4)5/h13-16H,6-12,19H2,1-5H3,(H,20,21). The van der Waals surface area contributed by atoms with Gasteiger partial charge in [0.2, 0.25) is 5.91 Å². The lowest BCUT2D eigenvalue weighted by molar-refractivity contribution is -0.126. The molecule has 0 radical (unpaired) electrons. The van der Waals surface area contributed by atoms with Crippen LogP contribution in [-0.4, -0.2) is 18.0 Å². The van der Waals surface area contributed by atoms with E-state index in [1.807, 2.05) is 13.8 Å². The van der Waals surface area contributed by atoms with E-state index in [1.165, 1.54) is 19.3 Å². The van der Waals surface area contributed by atoms with E-state index in [-0.39, 0.29) is 23.3 Å². The Balaban J connectivity index is 2.47. The summed E-state index contributed by atoms with van der Waals surface area (Å²) in [5.41, 5.74) is 6.04. The molecule has 0 bridgehead atoms. The number of carbonyl (C=O) groups excluding carboxylic acids is 1. The zero-order valence-electron chi connectivity index (χ0n) is 14.7. The van der Waals surface area contributed by atoms with E-state index in [0.717, 1.165) is 25.7 Å². The molecule has 1 fully saturated rings. The van der Waals surface area contributed by atoms with Gasteiger partial charge in [-0.05, 0) is 43.9 Å². The fourth-order valence-electron chi connectivity index (χ4n) is 3.54. The number of amides is 1. The van der Waals surface area contributed by atoms with Gasteiger partial charge in [-0.3, -0.25) is 4.79 Å². The summed E-state index contributed by atoms with van der Waals surface area (Å²) in [5.74, 6) is 0.943. The summed E-state index contributed by atoms with van der Waals surface area (Å²) in [6.07, 6.45) is 7.92. The highest BCUT2D eigenvalue weighted by molar-refractivity contribution is 5.78. The Hall–Kier alpha value is -0.570. The molecule has 0 aromatic rings. The normalized spacial score (nSPS) is 26.2. The van der Waals surface area contributed by atoms with Crippen molar-refractivity contribution in [2.24, 2.45) is 23.0 Å². The molecular formula is C18H36N2O. The summed E-state index contributed by atoms with van der Waals surface area (Å²) in [5, 5.41) is 3.34. The van der Waals surface area contributed by atoms with Crippen LogP contribution in [0.25, 0.3) is 0 Å². The van der Waals surface area contributed by atoms with Gasteiger partial charge in [0.05, 0.1) is 0 Å². The molecule has 0 spiro atoms. The van der Waals surface area contributed by atoms with Gasteiger partial charge in [-0.2, -0.15) is 0 Å². The lowest BCUT2D eigenvalue weighted by Gasteiger charge is -2.41. The SMILES string of the molecule is CC(N)CCCC(C)C(=O)NC1CCCCC1C(C)(C)C. The Morgan fingerprint density at radius 2 is 1.81 bits per heavy atom. The number of nitrogens with two attached hydrogens (primary N) is 1. The molecule has 1 aliphatic rings. The third-order valence-corrected chi connectivity index (χ3v) is 4.95. The first-order chi connectivity index (χ1) is 9.71. The van der Waals surface area contributed by atoms with Crippen molar-refractivity contribution in [3.63, 3.8) is 0 Å². The van der Waals surface area contributed by atoms with Crippen LogP contribution in [-0.2, 0) is 4.79 Å². The Kier molecular flexibility index (Phi) is 7.19. The number of rotatable bonds is 6. The van der Waals surface area contributed by atoms with Gasteiger partial charge in [0.1, 0.15) is 0 Å². The van der Waals surface area contributed by atoms with Crippen molar-refractivity contribution in [1.82, 2.24) is 5.32 Å². The van der Waals surface area contributed by atoms with Gasteiger partial charge in [-0.15, -0.1) is 0 Å². The van der Waals surface area contributed by atoms with E-state index in [2.05, 4.69) is 26.1 Å². The molecule has 1 saturated carbocycles. The molecule has 4 atom stereocenters. The van der Waals surface area contributed by atoms with Gasteiger partial charge in [-0.1, -0.05) is 47.0 Å². The predicted octanol–water partition coefficient (Wildman–Crippen LogP) is 3.86. The van der Waals surface area contributed by atoms with Crippen LogP contribution in [0.15, 0.2) is 0 Å². The van der Waals surface area contributed by atoms with E-state index in [4.69, 9.17) is 5.73 Å². The van der Waals surface area contributed by atoms with Crippen molar-refractivity contribution in [3.05, 3.63) is 0 Å². The molecule has 1 rings (SSSR count). The molecule has 1 amide bonds. The van der Waals surface area contributed by atoms with Crippen LogP contribution >= 0.6 is 0 Å². The quantitative estimate of drug-likeness (QED) is 0.782. The molecular weight excluding hydrogens is 260 g/mol. The van der Waals surface area contributed by atoms with Crippen molar-refractivity contribution in [2.75, 3.05) is 0 Å². The van der Waals surface area contributed by atoms with Gasteiger partial charge in [0, 0.05) is 18.0 Å². The maximum atomic E-state index is 12.4. The van der Waals surface area contributed by atoms with Crippen LogP contribution in [0, 0.1) is 17.3 Å². The first kappa shape index (κ1) is 18.5. The van der Waals surface area contributed by atoms with Crippen molar-refractivity contribution in [3.8, 4) is 0 Å². The summed E-state index contributed by atoms with van der Waals surface area (Å²) in [6, 6.07) is 0.603. The fourth-order valence-corrected chi connectivity index (χ4v) is 3.54. The van der Waals surface area contributed by atoms with E-state index in [1.54, 1.807) is 0 Å². The molecule has 3 N–H and O–H groups in total. The summed E-state index contributed by atoms with van der Waals surface area (Å²) < 4.78 is 0. The molecule has 0 aromatic carbocycles. The van der Waals surface area contributed by atoms with Gasteiger partial charge in [0.15, 0.2) is 0 Å². The average molecular weight is 296 g/mol. The summed E-state index contributed by atoms with van der Waals surface area (Å²) in [7, 11) is 0. The zero-order valence-corrected chi connectivity index (χ0v) is 14.7. The summed E-state index contributed by atoms with van der Waals surface area (Å²) in [4.78, 5) is 12.4. The number of nitrogens with one attached hydrogen (secondary N) is 1. The second kappa shape index (κ2) is 8.17. The van der Waals surface area contributed by atoms with Crippen LogP contribution in [0.3, 0.4) is 0 Å². The first-order valence-electron chi connectivity index (χ1n) is 8.77. The predicted molar refractivity (Wildman–Crippen MR) is 90.0 cm³/mol. The molecule has 21 heavy (non-hydrogen) atoms. The Morgan fingerprint density at radius 1 is 1.19 bits per heavy atom. The van der Waals surface area contributed by atoms with Gasteiger partial charge in [-0.25, -0.2) is 0 Å². The maximum absolute atomic E-state index is 12.4. The molecule has 1 aliphatic carbocycles. The van der Waals surface area contributed by atoms with Crippen molar-refractivity contribution in [1.29, 1.82) is 0 Å².